The monoisotopic (exact) mass is 481 g/mol. The number of nitrogens with one attached hydrogen (secondary N) is 2. The van der Waals surface area contributed by atoms with E-state index >= 15 is 0 Å². The third-order valence-electron chi connectivity index (χ3n) is 5.73. The highest BCUT2D eigenvalue weighted by Gasteiger charge is 2.23. The number of carbonyl (C=O) groups excluding carboxylic acids is 2. The Balaban J connectivity index is 1.29. The zero-order chi connectivity index (χ0) is 25.3. The van der Waals surface area contributed by atoms with Gasteiger partial charge in [-0.3, -0.25) is 9.78 Å². The molecule has 0 spiro atoms. The minimum Gasteiger partial charge on any atom is -0.489 e. The van der Waals surface area contributed by atoms with Gasteiger partial charge in [0.2, 0.25) is 5.78 Å². The van der Waals surface area contributed by atoms with E-state index in [0.717, 1.165) is 33.5 Å². The Kier molecular flexibility index (Phi) is 6.06. The summed E-state index contributed by atoms with van der Waals surface area (Å²) >= 11 is 0. The Bertz CT molecular complexity index is 1480. The van der Waals surface area contributed by atoms with Gasteiger partial charge in [0.1, 0.15) is 12.4 Å². The third-order valence-corrected chi connectivity index (χ3v) is 5.73. The zero-order valence-corrected chi connectivity index (χ0v) is 20.4. The van der Waals surface area contributed by atoms with Crippen molar-refractivity contribution in [2.45, 2.75) is 39.3 Å². The number of ketones is 1. The molecule has 0 saturated carbocycles. The molecule has 0 radical (unpaired) electrons. The lowest BCUT2D eigenvalue weighted by atomic mass is 10.1. The van der Waals surface area contributed by atoms with Crippen LogP contribution in [-0.4, -0.2) is 27.4 Å². The number of nitrogens with zero attached hydrogens (tertiary/aromatic N) is 1. The number of amides is 1. The summed E-state index contributed by atoms with van der Waals surface area (Å²) in [7, 11) is 0. The van der Waals surface area contributed by atoms with Gasteiger partial charge in [-0.15, -0.1) is 0 Å². The Hall–Kier alpha value is -4.39. The molecule has 2 aromatic carbocycles. The number of H-pyrrole nitrogens is 1. The SMILES string of the molecule is CC(C)(C)NC(=O)Oc1cnc2c(c1)C=C(C(=O)c1cc3cc(OCc4ccccc4)ccc3[nH]1)C2. The molecule has 2 heterocycles. The van der Waals surface area contributed by atoms with Gasteiger partial charge in [-0.2, -0.15) is 0 Å². The molecule has 182 valence electrons. The van der Waals surface area contributed by atoms with Gasteiger partial charge >= 0.3 is 6.09 Å². The number of rotatable bonds is 6. The van der Waals surface area contributed by atoms with Gasteiger partial charge in [0.15, 0.2) is 5.75 Å². The molecular weight excluding hydrogens is 454 g/mol. The Morgan fingerprint density at radius 1 is 1.03 bits per heavy atom. The molecule has 1 aliphatic rings. The lowest BCUT2D eigenvalue weighted by molar-refractivity contribution is 0.102. The van der Waals surface area contributed by atoms with Crippen molar-refractivity contribution in [2.75, 3.05) is 0 Å². The van der Waals surface area contributed by atoms with E-state index in [1.807, 2.05) is 75.4 Å². The molecule has 2 N–H and O–H groups in total. The van der Waals surface area contributed by atoms with Crippen molar-refractivity contribution in [3.05, 3.63) is 94.9 Å². The highest BCUT2D eigenvalue weighted by Crippen LogP contribution is 2.30. The molecule has 0 bridgehead atoms. The summed E-state index contributed by atoms with van der Waals surface area (Å²) in [4.78, 5) is 32.9. The highest BCUT2D eigenvalue weighted by molar-refractivity contribution is 6.13. The van der Waals surface area contributed by atoms with Crippen molar-refractivity contribution in [1.29, 1.82) is 0 Å². The summed E-state index contributed by atoms with van der Waals surface area (Å²) in [6, 6.07) is 19.3. The van der Waals surface area contributed by atoms with E-state index in [1.54, 1.807) is 12.1 Å². The molecule has 0 aliphatic heterocycles. The fraction of sp³-hybridized carbons (Fsp3) is 0.207. The van der Waals surface area contributed by atoms with Crippen LogP contribution in [0.1, 0.15) is 48.1 Å². The second-order valence-electron chi connectivity index (χ2n) is 9.85. The van der Waals surface area contributed by atoms with Crippen LogP contribution in [0.3, 0.4) is 0 Å². The van der Waals surface area contributed by atoms with Gasteiger partial charge in [0, 0.05) is 34.0 Å². The molecule has 1 aliphatic carbocycles. The van der Waals surface area contributed by atoms with Crippen LogP contribution >= 0.6 is 0 Å². The predicted molar refractivity (Wildman–Crippen MR) is 138 cm³/mol. The number of benzene rings is 2. The molecule has 2 aromatic heterocycles. The van der Waals surface area contributed by atoms with Crippen molar-refractivity contribution in [2.24, 2.45) is 0 Å². The number of pyridine rings is 1. The number of aromatic amines is 1. The lowest BCUT2D eigenvalue weighted by Crippen LogP contribution is -2.42. The summed E-state index contributed by atoms with van der Waals surface area (Å²) in [6.45, 7) is 6.10. The van der Waals surface area contributed by atoms with Crippen molar-refractivity contribution in [3.63, 3.8) is 0 Å². The maximum atomic E-state index is 13.2. The molecule has 0 atom stereocenters. The number of hydrogen-bond acceptors (Lipinski definition) is 5. The number of aromatic nitrogens is 2. The number of fused-ring (bicyclic) bond motifs is 2. The number of ether oxygens (including phenoxy) is 2. The molecule has 0 unspecified atom stereocenters. The van der Waals surface area contributed by atoms with Gasteiger partial charge in [0.25, 0.3) is 0 Å². The average molecular weight is 482 g/mol. The van der Waals surface area contributed by atoms with Crippen LogP contribution in [0.2, 0.25) is 0 Å². The molecule has 5 rings (SSSR count). The fourth-order valence-electron chi connectivity index (χ4n) is 4.06. The van der Waals surface area contributed by atoms with E-state index in [0.29, 0.717) is 30.0 Å². The summed E-state index contributed by atoms with van der Waals surface area (Å²) in [5.41, 5.74) is 4.22. The first kappa shape index (κ1) is 23.4. The highest BCUT2D eigenvalue weighted by atomic mass is 16.6. The summed E-state index contributed by atoms with van der Waals surface area (Å²) < 4.78 is 11.3. The van der Waals surface area contributed by atoms with Crippen LogP contribution in [0, 0.1) is 0 Å². The molecular formula is C29H27N3O4. The summed E-state index contributed by atoms with van der Waals surface area (Å²) in [5, 5.41) is 3.65. The van der Waals surface area contributed by atoms with Crippen molar-refractivity contribution >= 4 is 28.9 Å². The van der Waals surface area contributed by atoms with Crippen LogP contribution in [0.15, 0.2) is 72.4 Å². The van der Waals surface area contributed by atoms with Gasteiger partial charge in [-0.25, -0.2) is 4.79 Å². The minimum absolute atomic E-state index is 0.0936. The largest absolute Gasteiger partial charge is 0.489 e. The van der Waals surface area contributed by atoms with Gasteiger partial charge in [-0.05, 0) is 62.7 Å². The average Bonchev–Trinajstić information content (AvgIpc) is 3.45. The predicted octanol–water partition coefficient (Wildman–Crippen LogP) is 5.85. The van der Waals surface area contributed by atoms with Gasteiger partial charge in [-0.1, -0.05) is 30.3 Å². The maximum absolute atomic E-state index is 13.2. The number of carbonyl (C=O) groups is 2. The summed E-state index contributed by atoms with van der Waals surface area (Å²) in [6.07, 6.45) is 3.18. The van der Waals surface area contributed by atoms with Crippen LogP contribution in [-0.2, 0) is 13.0 Å². The van der Waals surface area contributed by atoms with Crippen molar-refractivity contribution in [3.8, 4) is 11.5 Å². The fourth-order valence-corrected chi connectivity index (χ4v) is 4.06. The van der Waals surface area contributed by atoms with Crippen molar-refractivity contribution < 1.29 is 19.1 Å². The molecule has 1 amide bonds. The molecule has 4 aromatic rings. The molecule has 36 heavy (non-hydrogen) atoms. The molecule has 0 saturated heterocycles. The van der Waals surface area contributed by atoms with Crippen LogP contribution in [0.25, 0.3) is 17.0 Å². The second kappa shape index (κ2) is 9.34. The van der Waals surface area contributed by atoms with Gasteiger partial charge < -0.3 is 19.8 Å². The normalized spacial score (nSPS) is 12.7. The molecule has 0 fully saturated rings. The topological polar surface area (TPSA) is 93.3 Å². The first-order valence-electron chi connectivity index (χ1n) is 11.8. The summed E-state index contributed by atoms with van der Waals surface area (Å²) in [5.74, 6) is 0.974. The maximum Gasteiger partial charge on any atom is 0.413 e. The van der Waals surface area contributed by atoms with E-state index in [1.165, 1.54) is 6.20 Å². The number of Topliss-reactive ketones (excluding diaryl/α,β-unsaturated/α-hetero) is 1. The first-order chi connectivity index (χ1) is 17.2. The van der Waals surface area contributed by atoms with E-state index in [-0.39, 0.29) is 5.78 Å². The van der Waals surface area contributed by atoms with E-state index in [4.69, 9.17) is 9.47 Å². The minimum atomic E-state index is -0.548. The van der Waals surface area contributed by atoms with Crippen molar-refractivity contribution in [1.82, 2.24) is 15.3 Å². The van der Waals surface area contributed by atoms with Crippen LogP contribution < -0.4 is 14.8 Å². The lowest BCUT2D eigenvalue weighted by Gasteiger charge is -2.19. The second-order valence-corrected chi connectivity index (χ2v) is 9.85. The standard InChI is InChI=1S/C29H27N3O4/c1-29(2,3)32-28(34)36-23-13-19-11-21(15-25(19)30-16-23)27(33)26-14-20-12-22(9-10-24(20)31-26)35-17-18-7-5-4-6-8-18/h4-14,16,31H,15,17H2,1-3H3,(H,32,34). The van der Waals surface area contributed by atoms with E-state index in [9.17, 15) is 9.59 Å². The Morgan fingerprint density at radius 3 is 2.61 bits per heavy atom. The van der Waals surface area contributed by atoms with Gasteiger partial charge in [0.05, 0.1) is 17.6 Å². The smallest absolute Gasteiger partial charge is 0.413 e. The third kappa shape index (κ3) is 5.30. The van der Waals surface area contributed by atoms with Crippen LogP contribution in [0.5, 0.6) is 11.5 Å². The molecule has 7 heteroatoms. The number of allylic oxidation sites excluding steroid dienone is 1. The Morgan fingerprint density at radius 2 is 1.83 bits per heavy atom. The first-order valence-corrected chi connectivity index (χ1v) is 11.8. The zero-order valence-electron chi connectivity index (χ0n) is 20.4. The van der Waals surface area contributed by atoms with E-state index in [2.05, 4.69) is 15.3 Å². The number of hydrogen-bond donors (Lipinski definition) is 2. The molecule has 7 nitrogen and oxygen atoms in total. The Labute approximate surface area is 209 Å². The van der Waals surface area contributed by atoms with Crippen LogP contribution in [0.4, 0.5) is 4.79 Å². The quantitative estimate of drug-likeness (QED) is 0.337. The van der Waals surface area contributed by atoms with E-state index < -0.39 is 11.6 Å².